The van der Waals surface area contributed by atoms with E-state index < -0.39 is 0 Å². The van der Waals surface area contributed by atoms with E-state index in [0.29, 0.717) is 0 Å². The molecule has 4 rings (SSSR count). The van der Waals surface area contributed by atoms with Crippen molar-refractivity contribution in [2.24, 2.45) is 0 Å². The number of nitrogens with zero attached hydrogens (tertiary/aromatic N) is 3. The number of aryl methyl sites for hydroxylation is 2. The van der Waals surface area contributed by atoms with Crippen molar-refractivity contribution in [2.45, 2.75) is 13.8 Å². The Morgan fingerprint density at radius 2 is 2.00 bits per heavy atom. The molecule has 0 amide bonds. The molecular formula is C17H16N4O. The Morgan fingerprint density at radius 3 is 2.77 bits per heavy atom. The van der Waals surface area contributed by atoms with E-state index in [1.165, 1.54) is 0 Å². The third-order valence-corrected chi connectivity index (χ3v) is 4.03. The van der Waals surface area contributed by atoms with Crippen LogP contribution in [0, 0.1) is 13.8 Å². The largest absolute Gasteiger partial charge is 0.497 e. The first kappa shape index (κ1) is 12.9. The fraction of sp³-hybridized carbons (Fsp3) is 0.176. The second-order valence-corrected chi connectivity index (χ2v) is 5.38. The van der Waals surface area contributed by atoms with Gasteiger partial charge in [-0.3, -0.25) is 4.40 Å². The van der Waals surface area contributed by atoms with Crippen LogP contribution in [-0.2, 0) is 0 Å². The number of aromatic nitrogens is 4. The fourth-order valence-corrected chi connectivity index (χ4v) is 2.96. The maximum absolute atomic E-state index is 5.28. The highest BCUT2D eigenvalue weighted by molar-refractivity contribution is 5.85. The molecule has 0 aliphatic rings. The lowest BCUT2D eigenvalue weighted by molar-refractivity contribution is 0.414. The van der Waals surface area contributed by atoms with E-state index in [0.717, 1.165) is 45.1 Å². The van der Waals surface area contributed by atoms with Gasteiger partial charge in [0, 0.05) is 11.8 Å². The van der Waals surface area contributed by atoms with Gasteiger partial charge in [-0.05, 0) is 43.7 Å². The lowest BCUT2D eigenvalue weighted by Gasteiger charge is -2.06. The first-order valence-corrected chi connectivity index (χ1v) is 7.15. The molecule has 0 spiro atoms. The number of methoxy groups -OCH3 is 1. The molecule has 0 aliphatic carbocycles. The minimum Gasteiger partial charge on any atom is -0.497 e. The van der Waals surface area contributed by atoms with Crippen LogP contribution in [0.4, 0.5) is 0 Å². The summed E-state index contributed by atoms with van der Waals surface area (Å²) in [6.07, 6.45) is 3.77. The molecule has 4 aromatic rings. The maximum atomic E-state index is 5.28. The molecule has 3 aromatic heterocycles. The molecule has 0 bridgehead atoms. The molecule has 1 aromatic carbocycles. The van der Waals surface area contributed by atoms with Crippen molar-refractivity contribution in [1.29, 1.82) is 0 Å². The Kier molecular flexibility index (Phi) is 2.69. The predicted molar refractivity (Wildman–Crippen MR) is 86.3 cm³/mol. The lowest BCUT2D eigenvalue weighted by atomic mass is 10.0. The van der Waals surface area contributed by atoms with Gasteiger partial charge in [-0.15, -0.1) is 0 Å². The van der Waals surface area contributed by atoms with E-state index in [1.54, 1.807) is 7.11 Å². The molecule has 0 radical (unpaired) electrons. The summed E-state index contributed by atoms with van der Waals surface area (Å²) in [6, 6.07) is 8.06. The summed E-state index contributed by atoms with van der Waals surface area (Å²) in [5.74, 6) is 1.81. The molecule has 0 aliphatic heterocycles. The maximum Gasteiger partial charge on any atom is 0.154 e. The molecule has 110 valence electrons. The standard InChI is InChI=1S/C17H16N4O/c1-10-8-12(22-3)4-5-13(10)16-15-9-19-17-14(6-7-18-17)21(15)11(2)20-16/h4-9,18H,1-3H3. The van der Waals surface area contributed by atoms with Crippen molar-refractivity contribution >= 4 is 16.7 Å². The first-order valence-electron chi connectivity index (χ1n) is 7.15. The SMILES string of the molecule is COc1ccc(-c2nc(C)n3c2cnc2[nH]ccc23)c(C)c1. The number of imidazole rings is 1. The van der Waals surface area contributed by atoms with Crippen LogP contribution in [0.25, 0.3) is 27.9 Å². The van der Waals surface area contributed by atoms with E-state index in [4.69, 9.17) is 9.72 Å². The highest BCUT2D eigenvalue weighted by atomic mass is 16.5. The number of benzene rings is 1. The van der Waals surface area contributed by atoms with E-state index in [-0.39, 0.29) is 0 Å². The van der Waals surface area contributed by atoms with Crippen LogP contribution in [0.2, 0.25) is 0 Å². The van der Waals surface area contributed by atoms with Crippen LogP contribution in [0.5, 0.6) is 5.75 Å². The average Bonchev–Trinajstić information content (AvgIpc) is 3.11. The summed E-state index contributed by atoms with van der Waals surface area (Å²) >= 11 is 0. The van der Waals surface area contributed by atoms with Gasteiger partial charge in [0.15, 0.2) is 5.65 Å². The predicted octanol–water partition coefficient (Wildman–Crippen LogP) is 3.50. The quantitative estimate of drug-likeness (QED) is 0.615. The van der Waals surface area contributed by atoms with Crippen LogP contribution < -0.4 is 4.74 Å². The molecule has 1 N–H and O–H groups in total. The number of hydrogen-bond acceptors (Lipinski definition) is 3. The van der Waals surface area contributed by atoms with E-state index >= 15 is 0 Å². The van der Waals surface area contributed by atoms with Gasteiger partial charge in [-0.25, -0.2) is 9.97 Å². The minimum absolute atomic E-state index is 0.854. The van der Waals surface area contributed by atoms with Gasteiger partial charge in [0.25, 0.3) is 0 Å². The molecule has 0 atom stereocenters. The fourth-order valence-electron chi connectivity index (χ4n) is 2.96. The molecule has 0 saturated carbocycles. The Morgan fingerprint density at radius 1 is 1.14 bits per heavy atom. The Labute approximate surface area is 127 Å². The zero-order valence-corrected chi connectivity index (χ0v) is 12.7. The number of rotatable bonds is 2. The zero-order valence-electron chi connectivity index (χ0n) is 12.7. The third-order valence-electron chi connectivity index (χ3n) is 4.03. The first-order chi connectivity index (χ1) is 10.7. The molecule has 5 heteroatoms. The van der Waals surface area contributed by atoms with Crippen LogP contribution in [0.3, 0.4) is 0 Å². The summed E-state index contributed by atoms with van der Waals surface area (Å²) in [6.45, 7) is 4.09. The molecule has 5 nitrogen and oxygen atoms in total. The second-order valence-electron chi connectivity index (χ2n) is 5.38. The van der Waals surface area contributed by atoms with E-state index in [9.17, 15) is 0 Å². The second kappa shape index (κ2) is 4.59. The van der Waals surface area contributed by atoms with E-state index in [2.05, 4.69) is 27.4 Å². The van der Waals surface area contributed by atoms with Gasteiger partial charge in [-0.2, -0.15) is 0 Å². The number of fused-ring (bicyclic) bond motifs is 3. The molecule has 0 saturated heterocycles. The summed E-state index contributed by atoms with van der Waals surface area (Å²) < 4.78 is 7.42. The number of nitrogens with one attached hydrogen (secondary N) is 1. The lowest BCUT2D eigenvalue weighted by Crippen LogP contribution is -1.91. The molecular weight excluding hydrogens is 276 g/mol. The summed E-state index contributed by atoms with van der Waals surface area (Å²) in [7, 11) is 1.68. The number of ether oxygens (including phenoxy) is 1. The van der Waals surface area contributed by atoms with Crippen LogP contribution >= 0.6 is 0 Å². The van der Waals surface area contributed by atoms with Crippen molar-refractivity contribution in [3.8, 4) is 17.0 Å². The van der Waals surface area contributed by atoms with Crippen molar-refractivity contribution in [3.63, 3.8) is 0 Å². The van der Waals surface area contributed by atoms with Crippen LogP contribution in [-0.4, -0.2) is 26.5 Å². The van der Waals surface area contributed by atoms with Gasteiger partial charge < -0.3 is 9.72 Å². The van der Waals surface area contributed by atoms with E-state index in [1.807, 2.05) is 37.5 Å². The summed E-state index contributed by atoms with van der Waals surface area (Å²) in [5.41, 5.74) is 6.11. The van der Waals surface area contributed by atoms with Crippen LogP contribution in [0.1, 0.15) is 11.4 Å². The van der Waals surface area contributed by atoms with Crippen molar-refractivity contribution in [2.75, 3.05) is 7.11 Å². The van der Waals surface area contributed by atoms with Gasteiger partial charge in [0.05, 0.1) is 30.0 Å². The van der Waals surface area contributed by atoms with Crippen molar-refractivity contribution in [3.05, 3.63) is 48.0 Å². The molecule has 0 fully saturated rings. The van der Waals surface area contributed by atoms with Gasteiger partial charge >= 0.3 is 0 Å². The third kappa shape index (κ3) is 1.72. The molecule has 3 heterocycles. The van der Waals surface area contributed by atoms with Crippen molar-refractivity contribution < 1.29 is 4.74 Å². The zero-order chi connectivity index (χ0) is 15.3. The topological polar surface area (TPSA) is 55.2 Å². The minimum atomic E-state index is 0.854. The Hall–Kier alpha value is -2.82. The van der Waals surface area contributed by atoms with Crippen LogP contribution in [0.15, 0.2) is 36.7 Å². The molecule has 22 heavy (non-hydrogen) atoms. The van der Waals surface area contributed by atoms with Gasteiger partial charge in [0.2, 0.25) is 0 Å². The summed E-state index contributed by atoms with van der Waals surface area (Å²) in [4.78, 5) is 12.4. The van der Waals surface area contributed by atoms with Crippen molar-refractivity contribution in [1.82, 2.24) is 19.4 Å². The normalized spacial score (nSPS) is 11.4. The highest BCUT2D eigenvalue weighted by Crippen LogP contribution is 2.31. The smallest absolute Gasteiger partial charge is 0.154 e. The molecule has 0 unspecified atom stereocenters. The summed E-state index contributed by atoms with van der Waals surface area (Å²) in [5, 5.41) is 0. The average molecular weight is 292 g/mol. The Bertz CT molecular complexity index is 997. The number of aromatic amines is 1. The number of hydrogen-bond donors (Lipinski definition) is 1. The monoisotopic (exact) mass is 292 g/mol. The Balaban J connectivity index is 2.03. The van der Waals surface area contributed by atoms with Gasteiger partial charge in [-0.1, -0.05) is 0 Å². The number of H-pyrrole nitrogens is 1. The highest BCUT2D eigenvalue weighted by Gasteiger charge is 2.15. The van der Waals surface area contributed by atoms with Gasteiger partial charge in [0.1, 0.15) is 11.6 Å².